The summed E-state index contributed by atoms with van der Waals surface area (Å²) in [6, 6.07) is 8.53. The van der Waals surface area contributed by atoms with Gasteiger partial charge in [0.25, 0.3) is 0 Å². The first-order chi connectivity index (χ1) is 9.72. The van der Waals surface area contributed by atoms with Crippen LogP contribution < -0.4 is 0 Å². The van der Waals surface area contributed by atoms with E-state index in [4.69, 9.17) is 16.3 Å². The summed E-state index contributed by atoms with van der Waals surface area (Å²) in [7, 11) is 1.81. The van der Waals surface area contributed by atoms with E-state index < -0.39 is 0 Å². The molecule has 1 aliphatic carbocycles. The second-order valence-corrected chi connectivity index (χ2v) is 6.92. The Morgan fingerprint density at radius 2 is 2.05 bits per heavy atom. The molecule has 0 N–H and O–H groups in total. The highest BCUT2D eigenvalue weighted by atomic mass is 35.5. The monoisotopic (exact) mass is 293 g/mol. The van der Waals surface area contributed by atoms with Gasteiger partial charge >= 0.3 is 0 Å². The summed E-state index contributed by atoms with van der Waals surface area (Å²) in [4.78, 5) is 2.64. The van der Waals surface area contributed by atoms with Gasteiger partial charge in [-0.25, -0.2) is 0 Å². The third kappa shape index (κ3) is 2.88. The number of halogens is 1. The molecule has 0 spiro atoms. The molecule has 1 heterocycles. The number of likely N-dealkylation sites (tertiary alicyclic amines) is 1. The van der Waals surface area contributed by atoms with Gasteiger partial charge in [0.2, 0.25) is 0 Å². The maximum absolute atomic E-state index is 6.02. The summed E-state index contributed by atoms with van der Waals surface area (Å²) in [5, 5.41) is 0.838. The molecule has 1 aromatic rings. The average molecular weight is 294 g/mol. The molecule has 0 bridgehead atoms. The van der Waals surface area contributed by atoms with Gasteiger partial charge in [-0.05, 0) is 49.4 Å². The molecular formula is C17H24ClNO. The van der Waals surface area contributed by atoms with Crippen LogP contribution in [0.4, 0.5) is 0 Å². The predicted molar refractivity (Wildman–Crippen MR) is 83.4 cm³/mol. The van der Waals surface area contributed by atoms with E-state index in [1.54, 1.807) is 0 Å². The van der Waals surface area contributed by atoms with Crippen molar-refractivity contribution in [1.29, 1.82) is 0 Å². The Morgan fingerprint density at radius 3 is 2.65 bits per heavy atom. The fraction of sp³-hybridized carbons (Fsp3) is 0.647. The number of hydrogen-bond donors (Lipinski definition) is 0. The first-order valence-corrected chi connectivity index (χ1v) is 8.07. The second kappa shape index (κ2) is 6.05. The molecule has 2 aliphatic rings. The van der Waals surface area contributed by atoms with Crippen molar-refractivity contribution in [3.8, 4) is 0 Å². The zero-order valence-corrected chi connectivity index (χ0v) is 13.0. The van der Waals surface area contributed by atoms with Gasteiger partial charge in [0, 0.05) is 30.6 Å². The molecule has 1 atom stereocenters. The van der Waals surface area contributed by atoms with Gasteiger partial charge in [-0.3, -0.25) is 0 Å². The van der Waals surface area contributed by atoms with Gasteiger partial charge < -0.3 is 9.64 Å². The van der Waals surface area contributed by atoms with Crippen LogP contribution in [0.1, 0.15) is 31.2 Å². The fourth-order valence-corrected chi connectivity index (χ4v) is 3.93. The summed E-state index contributed by atoms with van der Waals surface area (Å²) in [5.74, 6) is 0.724. The van der Waals surface area contributed by atoms with E-state index in [0.29, 0.717) is 5.41 Å². The SMILES string of the molecule is COC[C@H]1CCN(CC2(c3ccc(Cl)cc3)CCC2)C1. The number of ether oxygens (including phenoxy) is 1. The molecule has 3 heteroatoms. The van der Waals surface area contributed by atoms with Crippen LogP contribution in [0.15, 0.2) is 24.3 Å². The third-order valence-corrected chi connectivity index (χ3v) is 5.32. The Bertz CT molecular complexity index is 441. The summed E-state index contributed by atoms with van der Waals surface area (Å²) in [6.45, 7) is 4.53. The van der Waals surface area contributed by atoms with Crippen LogP contribution in [0, 0.1) is 5.92 Å². The van der Waals surface area contributed by atoms with Crippen molar-refractivity contribution >= 4 is 11.6 Å². The van der Waals surface area contributed by atoms with E-state index in [1.165, 1.54) is 50.9 Å². The van der Waals surface area contributed by atoms with Crippen LogP contribution in [0.2, 0.25) is 5.02 Å². The molecule has 2 nitrogen and oxygen atoms in total. The van der Waals surface area contributed by atoms with E-state index in [0.717, 1.165) is 17.5 Å². The van der Waals surface area contributed by atoms with Crippen LogP contribution in [-0.2, 0) is 10.2 Å². The topological polar surface area (TPSA) is 12.5 Å². The average Bonchev–Trinajstić information content (AvgIpc) is 2.83. The highest BCUT2D eigenvalue weighted by molar-refractivity contribution is 6.30. The van der Waals surface area contributed by atoms with E-state index in [9.17, 15) is 0 Å². The van der Waals surface area contributed by atoms with Crippen molar-refractivity contribution in [3.05, 3.63) is 34.9 Å². The lowest BCUT2D eigenvalue weighted by Crippen LogP contribution is -2.45. The first kappa shape index (κ1) is 14.4. The molecular weight excluding hydrogens is 270 g/mol. The van der Waals surface area contributed by atoms with Crippen molar-refractivity contribution in [2.24, 2.45) is 5.92 Å². The number of nitrogens with zero attached hydrogens (tertiary/aromatic N) is 1. The number of benzene rings is 1. The van der Waals surface area contributed by atoms with Gasteiger partial charge in [-0.15, -0.1) is 0 Å². The normalized spacial score (nSPS) is 25.6. The second-order valence-electron chi connectivity index (χ2n) is 6.49. The molecule has 1 aromatic carbocycles. The van der Waals surface area contributed by atoms with Gasteiger partial charge in [-0.2, -0.15) is 0 Å². The molecule has 0 aromatic heterocycles. The van der Waals surface area contributed by atoms with Gasteiger partial charge in [-0.1, -0.05) is 30.2 Å². The maximum atomic E-state index is 6.02. The van der Waals surface area contributed by atoms with Crippen molar-refractivity contribution in [3.63, 3.8) is 0 Å². The van der Waals surface area contributed by atoms with Gasteiger partial charge in [0.05, 0.1) is 6.61 Å². The minimum absolute atomic E-state index is 0.381. The first-order valence-electron chi connectivity index (χ1n) is 7.69. The standard InChI is InChI=1S/C17H24ClNO/c1-20-12-14-7-10-19(11-14)13-17(8-2-9-17)15-3-5-16(18)6-4-15/h3-6,14H,2,7-13H2,1H3/t14-/m0/s1. The van der Waals surface area contributed by atoms with Crippen molar-refractivity contribution < 1.29 is 4.74 Å². The summed E-state index contributed by atoms with van der Waals surface area (Å²) >= 11 is 6.02. The highest BCUT2D eigenvalue weighted by Gasteiger charge is 2.41. The van der Waals surface area contributed by atoms with E-state index in [1.807, 2.05) is 19.2 Å². The van der Waals surface area contributed by atoms with E-state index in [-0.39, 0.29) is 0 Å². The lowest BCUT2D eigenvalue weighted by Gasteiger charge is -2.45. The van der Waals surface area contributed by atoms with Crippen molar-refractivity contribution in [2.75, 3.05) is 33.4 Å². The minimum atomic E-state index is 0.381. The van der Waals surface area contributed by atoms with Crippen LogP contribution in [0.3, 0.4) is 0 Å². The zero-order chi connectivity index (χ0) is 14.0. The highest BCUT2D eigenvalue weighted by Crippen LogP contribution is 2.45. The lowest BCUT2D eigenvalue weighted by atomic mass is 9.64. The minimum Gasteiger partial charge on any atom is -0.384 e. The van der Waals surface area contributed by atoms with Crippen LogP contribution >= 0.6 is 11.6 Å². The van der Waals surface area contributed by atoms with Gasteiger partial charge in [0.1, 0.15) is 0 Å². The molecule has 3 rings (SSSR count). The number of rotatable bonds is 5. The number of methoxy groups -OCH3 is 1. The fourth-order valence-electron chi connectivity index (χ4n) is 3.80. The molecule has 1 aliphatic heterocycles. The third-order valence-electron chi connectivity index (χ3n) is 5.07. The Hall–Kier alpha value is -0.570. The van der Waals surface area contributed by atoms with Crippen molar-refractivity contribution in [2.45, 2.75) is 31.1 Å². The lowest BCUT2D eigenvalue weighted by molar-refractivity contribution is 0.133. The smallest absolute Gasteiger partial charge is 0.0503 e. The molecule has 1 saturated carbocycles. The summed E-state index contributed by atoms with van der Waals surface area (Å²) in [6.07, 6.45) is 5.28. The molecule has 110 valence electrons. The molecule has 0 radical (unpaired) electrons. The van der Waals surface area contributed by atoms with E-state index in [2.05, 4.69) is 17.0 Å². The molecule has 1 saturated heterocycles. The van der Waals surface area contributed by atoms with E-state index >= 15 is 0 Å². The predicted octanol–water partition coefficient (Wildman–Crippen LogP) is 3.73. The van der Waals surface area contributed by atoms with Gasteiger partial charge in [0.15, 0.2) is 0 Å². The zero-order valence-electron chi connectivity index (χ0n) is 12.3. The quantitative estimate of drug-likeness (QED) is 0.820. The van der Waals surface area contributed by atoms with Crippen LogP contribution in [0.25, 0.3) is 0 Å². The number of hydrogen-bond acceptors (Lipinski definition) is 2. The molecule has 20 heavy (non-hydrogen) atoms. The largest absolute Gasteiger partial charge is 0.384 e. The summed E-state index contributed by atoms with van der Waals surface area (Å²) in [5.41, 5.74) is 1.86. The molecule has 2 fully saturated rings. The Balaban J connectivity index is 1.66. The molecule has 0 unspecified atom stereocenters. The van der Waals surface area contributed by atoms with Crippen LogP contribution in [0.5, 0.6) is 0 Å². The maximum Gasteiger partial charge on any atom is 0.0503 e. The molecule has 0 amide bonds. The summed E-state index contributed by atoms with van der Waals surface area (Å²) < 4.78 is 5.30. The van der Waals surface area contributed by atoms with Crippen molar-refractivity contribution in [1.82, 2.24) is 4.90 Å². The van der Waals surface area contributed by atoms with Crippen LogP contribution in [-0.4, -0.2) is 38.3 Å². The Kier molecular flexibility index (Phi) is 4.34. The Labute approximate surface area is 127 Å². The Morgan fingerprint density at radius 1 is 1.30 bits per heavy atom.